The minimum atomic E-state index is 0. The third-order valence-electron chi connectivity index (χ3n) is 5.39. The molecule has 2 fully saturated rings. The molecule has 0 bridgehead atoms. The molecular formula is C20H26ClN3O. The number of piperazine rings is 1. The summed E-state index contributed by atoms with van der Waals surface area (Å²) in [5, 5.41) is 5.87. The van der Waals surface area contributed by atoms with Crippen molar-refractivity contribution in [1.82, 2.24) is 15.1 Å². The minimum absolute atomic E-state index is 0. The van der Waals surface area contributed by atoms with E-state index < -0.39 is 0 Å². The fourth-order valence-electron chi connectivity index (χ4n) is 3.92. The van der Waals surface area contributed by atoms with Gasteiger partial charge < -0.3 is 10.2 Å². The van der Waals surface area contributed by atoms with Crippen LogP contribution in [-0.2, 0) is 11.2 Å². The number of carbonyl (C=O) groups excluding carboxylic acids is 1. The Morgan fingerprint density at radius 2 is 1.80 bits per heavy atom. The molecule has 2 aromatic rings. The molecule has 25 heavy (non-hydrogen) atoms. The van der Waals surface area contributed by atoms with Crippen LogP contribution in [0, 0.1) is 0 Å². The van der Waals surface area contributed by atoms with E-state index in [0.717, 1.165) is 44.8 Å². The Hall–Kier alpha value is -1.62. The van der Waals surface area contributed by atoms with Gasteiger partial charge in [-0.3, -0.25) is 9.69 Å². The van der Waals surface area contributed by atoms with E-state index in [-0.39, 0.29) is 18.3 Å². The number of carbonyl (C=O) groups is 1. The lowest BCUT2D eigenvalue weighted by Gasteiger charge is -2.37. The van der Waals surface area contributed by atoms with Gasteiger partial charge in [0.2, 0.25) is 5.91 Å². The van der Waals surface area contributed by atoms with Crippen molar-refractivity contribution in [3.05, 3.63) is 48.0 Å². The van der Waals surface area contributed by atoms with Crippen molar-refractivity contribution in [2.24, 2.45) is 0 Å². The van der Waals surface area contributed by atoms with E-state index in [0.29, 0.717) is 12.5 Å². The zero-order valence-electron chi connectivity index (χ0n) is 14.5. The molecule has 1 N–H and O–H groups in total. The van der Waals surface area contributed by atoms with Crippen LogP contribution in [0.2, 0.25) is 0 Å². The number of hydrogen-bond acceptors (Lipinski definition) is 3. The Kier molecular flexibility index (Phi) is 5.94. The van der Waals surface area contributed by atoms with Crippen molar-refractivity contribution in [1.29, 1.82) is 0 Å². The highest BCUT2D eigenvalue weighted by atomic mass is 35.5. The summed E-state index contributed by atoms with van der Waals surface area (Å²) in [5.41, 5.74) is 1.11. The molecule has 2 aromatic carbocycles. The highest BCUT2D eigenvalue weighted by Crippen LogP contribution is 2.17. The standard InChI is InChI=1S/C20H25N3O.ClH/c24-20(14-16-5-6-17-3-1-2-4-18(17)13-16)23-11-9-22(10-12-23)19-7-8-21-15-19;/h1-6,13,19,21H,7-12,14-15H2;1H. The molecular weight excluding hydrogens is 334 g/mol. The summed E-state index contributed by atoms with van der Waals surface area (Å²) in [6, 6.07) is 15.3. The maximum Gasteiger partial charge on any atom is 0.227 e. The lowest BCUT2D eigenvalue weighted by atomic mass is 10.0. The Balaban J connectivity index is 0.00000182. The summed E-state index contributed by atoms with van der Waals surface area (Å²) in [6.45, 7) is 5.98. The van der Waals surface area contributed by atoms with Crippen LogP contribution in [0.4, 0.5) is 0 Å². The Morgan fingerprint density at radius 3 is 2.52 bits per heavy atom. The summed E-state index contributed by atoms with van der Waals surface area (Å²) < 4.78 is 0. The monoisotopic (exact) mass is 359 g/mol. The molecule has 0 aromatic heterocycles. The quantitative estimate of drug-likeness (QED) is 0.913. The lowest BCUT2D eigenvalue weighted by molar-refractivity contribution is -0.132. The van der Waals surface area contributed by atoms with Crippen LogP contribution in [-0.4, -0.2) is 61.0 Å². The third-order valence-corrected chi connectivity index (χ3v) is 5.39. The fraction of sp³-hybridized carbons (Fsp3) is 0.450. The minimum Gasteiger partial charge on any atom is -0.340 e. The second-order valence-corrected chi connectivity index (χ2v) is 6.92. The second kappa shape index (κ2) is 8.17. The summed E-state index contributed by atoms with van der Waals surface area (Å²) in [6.07, 6.45) is 1.75. The number of amides is 1. The number of rotatable bonds is 3. The van der Waals surface area contributed by atoms with Gasteiger partial charge in [0.15, 0.2) is 0 Å². The summed E-state index contributed by atoms with van der Waals surface area (Å²) >= 11 is 0. The van der Waals surface area contributed by atoms with Gasteiger partial charge in [-0.05, 0) is 29.3 Å². The summed E-state index contributed by atoms with van der Waals surface area (Å²) in [4.78, 5) is 17.2. The lowest BCUT2D eigenvalue weighted by Crippen LogP contribution is -2.52. The van der Waals surface area contributed by atoms with Crippen molar-refractivity contribution in [2.45, 2.75) is 18.9 Å². The molecule has 0 aliphatic carbocycles. The normalized spacial score (nSPS) is 21.3. The number of nitrogens with one attached hydrogen (secondary N) is 1. The average Bonchev–Trinajstić information content (AvgIpc) is 3.16. The van der Waals surface area contributed by atoms with Crippen molar-refractivity contribution in [3.63, 3.8) is 0 Å². The van der Waals surface area contributed by atoms with Gasteiger partial charge in [-0.1, -0.05) is 42.5 Å². The fourth-order valence-corrected chi connectivity index (χ4v) is 3.92. The second-order valence-electron chi connectivity index (χ2n) is 6.92. The van der Waals surface area contributed by atoms with Crippen molar-refractivity contribution >= 4 is 29.1 Å². The van der Waals surface area contributed by atoms with Crippen LogP contribution in [0.25, 0.3) is 10.8 Å². The first kappa shape index (κ1) is 18.2. The molecule has 2 aliphatic rings. The molecule has 4 rings (SSSR count). The molecule has 0 saturated carbocycles. The maximum absolute atomic E-state index is 12.6. The Bertz CT molecular complexity index is 722. The van der Waals surface area contributed by atoms with Gasteiger partial charge in [0.05, 0.1) is 6.42 Å². The first-order valence-corrected chi connectivity index (χ1v) is 9.00. The smallest absolute Gasteiger partial charge is 0.227 e. The van der Waals surface area contributed by atoms with Crippen molar-refractivity contribution in [3.8, 4) is 0 Å². The third kappa shape index (κ3) is 4.14. The van der Waals surface area contributed by atoms with E-state index in [9.17, 15) is 4.79 Å². The number of benzene rings is 2. The van der Waals surface area contributed by atoms with Crippen LogP contribution in [0.1, 0.15) is 12.0 Å². The van der Waals surface area contributed by atoms with Gasteiger partial charge in [0.25, 0.3) is 0 Å². The van der Waals surface area contributed by atoms with E-state index in [1.165, 1.54) is 17.2 Å². The van der Waals surface area contributed by atoms with E-state index in [1.807, 2.05) is 17.0 Å². The molecule has 2 aliphatic heterocycles. The van der Waals surface area contributed by atoms with Gasteiger partial charge in [0, 0.05) is 38.8 Å². The van der Waals surface area contributed by atoms with Crippen LogP contribution >= 0.6 is 12.4 Å². The van der Waals surface area contributed by atoms with E-state index >= 15 is 0 Å². The molecule has 134 valence electrons. The number of fused-ring (bicyclic) bond motifs is 1. The molecule has 5 heteroatoms. The number of nitrogens with zero attached hydrogens (tertiary/aromatic N) is 2. The van der Waals surface area contributed by atoms with E-state index in [2.05, 4.69) is 40.5 Å². The average molecular weight is 360 g/mol. The molecule has 1 amide bonds. The van der Waals surface area contributed by atoms with Crippen molar-refractivity contribution in [2.75, 3.05) is 39.3 Å². The molecule has 2 saturated heterocycles. The molecule has 1 unspecified atom stereocenters. The first-order chi connectivity index (χ1) is 11.8. The predicted octanol–water partition coefficient (Wildman–Crippen LogP) is 2.31. The molecule has 0 radical (unpaired) electrons. The van der Waals surface area contributed by atoms with Gasteiger partial charge in [-0.25, -0.2) is 0 Å². The zero-order valence-corrected chi connectivity index (χ0v) is 15.3. The summed E-state index contributed by atoms with van der Waals surface area (Å²) in [5.74, 6) is 0.259. The predicted molar refractivity (Wildman–Crippen MR) is 104 cm³/mol. The van der Waals surface area contributed by atoms with Gasteiger partial charge in [0.1, 0.15) is 0 Å². The zero-order chi connectivity index (χ0) is 16.4. The van der Waals surface area contributed by atoms with Crippen LogP contribution in [0.15, 0.2) is 42.5 Å². The first-order valence-electron chi connectivity index (χ1n) is 9.00. The van der Waals surface area contributed by atoms with Crippen LogP contribution in [0.3, 0.4) is 0 Å². The maximum atomic E-state index is 12.6. The highest BCUT2D eigenvalue weighted by molar-refractivity contribution is 5.86. The molecule has 1 atom stereocenters. The van der Waals surface area contributed by atoms with Gasteiger partial charge >= 0.3 is 0 Å². The molecule has 2 heterocycles. The van der Waals surface area contributed by atoms with E-state index in [1.54, 1.807) is 0 Å². The largest absolute Gasteiger partial charge is 0.340 e. The van der Waals surface area contributed by atoms with E-state index in [4.69, 9.17) is 0 Å². The summed E-state index contributed by atoms with van der Waals surface area (Å²) in [7, 11) is 0. The Morgan fingerprint density at radius 1 is 1.04 bits per heavy atom. The van der Waals surface area contributed by atoms with Gasteiger partial charge in [-0.2, -0.15) is 0 Å². The Labute approximate surface area is 155 Å². The number of halogens is 1. The SMILES string of the molecule is Cl.O=C(Cc1ccc2ccccc2c1)N1CCN(C2CCNC2)CC1. The highest BCUT2D eigenvalue weighted by Gasteiger charge is 2.27. The molecule has 4 nitrogen and oxygen atoms in total. The van der Waals surface area contributed by atoms with Gasteiger partial charge in [-0.15, -0.1) is 12.4 Å². The van der Waals surface area contributed by atoms with Crippen molar-refractivity contribution < 1.29 is 4.79 Å². The number of hydrogen-bond donors (Lipinski definition) is 1. The van der Waals surface area contributed by atoms with Crippen LogP contribution in [0.5, 0.6) is 0 Å². The molecule has 0 spiro atoms. The van der Waals surface area contributed by atoms with Crippen LogP contribution < -0.4 is 5.32 Å². The topological polar surface area (TPSA) is 35.6 Å².